The molecule has 34 heavy (non-hydrogen) atoms. The van der Waals surface area contributed by atoms with Gasteiger partial charge in [-0.15, -0.1) is 0 Å². The van der Waals surface area contributed by atoms with E-state index in [-0.39, 0.29) is 17.7 Å². The third kappa shape index (κ3) is 4.89. The Morgan fingerprint density at radius 1 is 1.06 bits per heavy atom. The van der Waals surface area contributed by atoms with Crippen molar-refractivity contribution in [2.24, 2.45) is 5.92 Å². The summed E-state index contributed by atoms with van der Waals surface area (Å²) in [6.45, 7) is 4.10. The van der Waals surface area contributed by atoms with Crippen LogP contribution < -0.4 is 4.74 Å². The van der Waals surface area contributed by atoms with Gasteiger partial charge in [-0.25, -0.2) is 4.98 Å². The summed E-state index contributed by atoms with van der Waals surface area (Å²) < 4.78 is 11.8. The summed E-state index contributed by atoms with van der Waals surface area (Å²) in [7, 11) is 0. The Morgan fingerprint density at radius 3 is 2.79 bits per heavy atom. The number of hydrogen-bond acceptors (Lipinski definition) is 6. The fourth-order valence-electron chi connectivity index (χ4n) is 4.26. The van der Waals surface area contributed by atoms with E-state index in [1.54, 1.807) is 24.5 Å². The summed E-state index contributed by atoms with van der Waals surface area (Å²) in [5.41, 5.74) is 3.48. The standard InChI is InChI=1S/C27H26N4O3/c1-19-9-10-23(16-30-19)34-26-24(8-4-12-29-26)27(32)31-13-14-33-18-20(17-31)15-22-6-2-5-21-7-3-11-28-25(21)22/h2-12,16,20H,13-15,17-18H2,1H3/t20-/m0/s1. The van der Waals surface area contributed by atoms with Crippen LogP contribution in [-0.4, -0.2) is 52.1 Å². The molecule has 0 spiro atoms. The van der Waals surface area contributed by atoms with Gasteiger partial charge in [0, 0.05) is 42.5 Å². The Bertz CT molecular complexity index is 1290. The molecule has 0 N–H and O–H groups in total. The molecular weight excluding hydrogens is 428 g/mol. The maximum Gasteiger partial charge on any atom is 0.259 e. The summed E-state index contributed by atoms with van der Waals surface area (Å²) in [5, 5.41) is 1.12. The van der Waals surface area contributed by atoms with Crippen molar-refractivity contribution in [1.82, 2.24) is 19.9 Å². The van der Waals surface area contributed by atoms with Gasteiger partial charge < -0.3 is 14.4 Å². The largest absolute Gasteiger partial charge is 0.437 e. The zero-order valence-electron chi connectivity index (χ0n) is 19.1. The second-order valence-electron chi connectivity index (χ2n) is 8.48. The van der Waals surface area contributed by atoms with Gasteiger partial charge in [-0.1, -0.05) is 24.3 Å². The summed E-state index contributed by atoms with van der Waals surface area (Å²) in [6, 6.07) is 17.4. The van der Waals surface area contributed by atoms with Gasteiger partial charge in [0.2, 0.25) is 5.88 Å². The van der Waals surface area contributed by atoms with Crippen molar-refractivity contribution in [3.8, 4) is 11.6 Å². The van der Waals surface area contributed by atoms with Crippen molar-refractivity contribution < 1.29 is 14.3 Å². The molecule has 7 nitrogen and oxygen atoms in total. The Hall–Kier alpha value is -3.84. The zero-order valence-corrected chi connectivity index (χ0v) is 19.1. The van der Waals surface area contributed by atoms with Crippen LogP contribution in [0.25, 0.3) is 10.9 Å². The van der Waals surface area contributed by atoms with E-state index in [2.05, 4.69) is 39.2 Å². The molecule has 1 aliphatic heterocycles. The van der Waals surface area contributed by atoms with E-state index in [4.69, 9.17) is 9.47 Å². The molecule has 1 fully saturated rings. The van der Waals surface area contributed by atoms with E-state index in [0.29, 0.717) is 37.6 Å². The third-order valence-corrected chi connectivity index (χ3v) is 5.95. The number of pyridine rings is 3. The lowest BCUT2D eigenvalue weighted by molar-refractivity contribution is 0.0734. The Kier molecular flexibility index (Phi) is 6.44. The van der Waals surface area contributed by atoms with Crippen molar-refractivity contribution in [2.45, 2.75) is 13.3 Å². The van der Waals surface area contributed by atoms with E-state index in [1.807, 2.05) is 36.2 Å². The number of benzene rings is 1. The molecule has 0 aliphatic carbocycles. The maximum atomic E-state index is 13.6. The highest BCUT2D eigenvalue weighted by atomic mass is 16.5. The minimum Gasteiger partial charge on any atom is -0.437 e. The number of aromatic nitrogens is 3. The average molecular weight is 455 g/mol. The number of para-hydroxylation sites is 1. The number of nitrogens with zero attached hydrogens (tertiary/aromatic N) is 4. The molecule has 0 radical (unpaired) electrons. The van der Waals surface area contributed by atoms with Gasteiger partial charge in [-0.2, -0.15) is 0 Å². The highest BCUT2D eigenvalue weighted by molar-refractivity contribution is 5.96. The van der Waals surface area contributed by atoms with E-state index in [1.165, 1.54) is 5.56 Å². The molecule has 4 heterocycles. The number of carbonyl (C=O) groups is 1. The Balaban J connectivity index is 1.35. The number of hydrogen-bond donors (Lipinski definition) is 0. The van der Waals surface area contributed by atoms with Crippen LogP contribution in [0.2, 0.25) is 0 Å². The number of rotatable bonds is 5. The summed E-state index contributed by atoms with van der Waals surface area (Å²) in [5.74, 6) is 0.855. The van der Waals surface area contributed by atoms with Gasteiger partial charge in [0.1, 0.15) is 11.3 Å². The van der Waals surface area contributed by atoms with Crippen LogP contribution in [0.5, 0.6) is 11.6 Å². The first-order chi connectivity index (χ1) is 16.7. The highest BCUT2D eigenvalue weighted by Gasteiger charge is 2.26. The molecule has 3 aromatic heterocycles. The van der Waals surface area contributed by atoms with Crippen molar-refractivity contribution in [3.63, 3.8) is 0 Å². The number of amides is 1. The average Bonchev–Trinajstić information content (AvgIpc) is 3.11. The molecule has 5 rings (SSSR count). The third-order valence-electron chi connectivity index (χ3n) is 5.95. The van der Waals surface area contributed by atoms with Crippen LogP contribution >= 0.6 is 0 Å². The smallest absolute Gasteiger partial charge is 0.259 e. The second kappa shape index (κ2) is 9.97. The summed E-state index contributed by atoms with van der Waals surface area (Å²) >= 11 is 0. The molecule has 1 aromatic carbocycles. The fourth-order valence-corrected chi connectivity index (χ4v) is 4.26. The van der Waals surface area contributed by atoms with Crippen molar-refractivity contribution in [3.05, 3.63) is 90.0 Å². The predicted molar refractivity (Wildman–Crippen MR) is 129 cm³/mol. The minimum absolute atomic E-state index is 0.116. The molecule has 1 atom stereocenters. The lowest BCUT2D eigenvalue weighted by atomic mass is 9.97. The van der Waals surface area contributed by atoms with Crippen LogP contribution in [0, 0.1) is 12.8 Å². The van der Waals surface area contributed by atoms with Crippen LogP contribution in [-0.2, 0) is 11.2 Å². The topological polar surface area (TPSA) is 77.4 Å². The second-order valence-corrected chi connectivity index (χ2v) is 8.48. The molecule has 0 bridgehead atoms. The van der Waals surface area contributed by atoms with Gasteiger partial charge in [0.25, 0.3) is 5.91 Å². The molecule has 0 unspecified atom stereocenters. The van der Waals surface area contributed by atoms with Crippen molar-refractivity contribution in [1.29, 1.82) is 0 Å². The highest BCUT2D eigenvalue weighted by Crippen LogP contribution is 2.26. The molecular formula is C27H26N4O3. The molecule has 1 aliphatic rings. The van der Waals surface area contributed by atoms with E-state index < -0.39 is 0 Å². The maximum absolute atomic E-state index is 13.6. The van der Waals surface area contributed by atoms with Gasteiger partial charge in [0.05, 0.1) is 24.9 Å². The first kappa shape index (κ1) is 22.0. The minimum atomic E-state index is -0.116. The first-order valence-corrected chi connectivity index (χ1v) is 11.4. The fraction of sp³-hybridized carbons (Fsp3) is 0.259. The van der Waals surface area contributed by atoms with Gasteiger partial charge >= 0.3 is 0 Å². The van der Waals surface area contributed by atoms with Crippen LogP contribution in [0.3, 0.4) is 0 Å². The monoisotopic (exact) mass is 454 g/mol. The summed E-state index contributed by atoms with van der Waals surface area (Å²) in [6.07, 6.45) is 5.85. The molecule has 1 saturated heterocycles. The van der Waals surface area contributed by atoms with Gasteiger partial charge in [-0.05, 0) is 49.2 Å². The lowest BCUT2D eigenvalue weighted by Crippen LogP contribution is -2.36. The van der Waals surface area contributed by atoms with Gasteiger partial charge in [-0.3, -0.25) is 14.8 Å². The number of fused-ring (bicyclic) bond motifs is 1. The number of carbonyl (C=O) groups excluding carboxylic acids is 1. The molecule has 7 heteroatoms. The van der Waals surface area contributed by atoms with Crippen LogP contribution in [0.15, 0.2) is 73.2 Å². The summed E-state index contributed by atoms with van der Waals surface area (Å²) in [4.78, 5) is 28.5. The zero-order chi connectivity index (χ0) is 23.3. The van der Waals surface area contributed by atoms with Gasteiger partial charge in [0.15, 0.2) is 0 Å². The van der Waals surface area contributed by atoms with Crippen LogP contribution in [0.1, 0.15) is 21.6 Å². The molecule has 172 valence electrons. The van der Waals surface area contributed by atoms with Crippen molar-refractivity contribution >= 4 is 16.8 Å². The van der Waals surface area contributed by atoms with E-state index in [0.717, 1.165) is 23.0 Å². The predicted octanol–water partition coefficient (Wildman–Crippen LogP) is 4.46. The SMILES string of the molecule is Cc1ccc(Oc2ncccc2C(=O)N2CCOC[C@@H](Cc3cccc4cccnc34)C2)cn1. The van der Waals surface area contributed by atoms with Crippen LogP contribution in [0.4, 0.5) is 0 Å². The van der Waals surface area contributed by atoms with Crippen molar-refractivity contribution in [2.75, 3.05) is 26.3 Å². The Morgan fingerprint density at radius 2 is 1.91 bits per heavy atom. The lowest BCUT2D eigenvalue weighted by Gasteiger charge is -2.24. The molecule has 4 aromatic rings. The molecule has 0 saturated carbocycles. The first-order valence-electron chi connectivity index (χ1n) is 11.4. The van der Waals surface area contributed by atoms with E-state index in [9.17, 15) is 4.79 Å². The van der Waals surface area contributed by atoms with E-state index >= 15 is 0 Å². The molecule has 1 amide bonds. The number of aryl methyl sites for hydroxylation is 1. The Labute approximate surface area is 198 Å². The number of ether oxygens (including phenoxy) is 2. The quantitative estimate of drug-likeness (QED) is 0.443. The normalized spacial score (nSPS) is 16.3.